The molecule has 1 heterocycles. The largest absolute Gasteiger partial charge is 0.334 e. The SMILES string of the molecule is CSC(CCN1Cc2cc(-c3ccccc3F)ccc2C1=O)C(=O)NO. The zero-order chi connectivity index (χ0) is 18.7. The topological polar surface area (TPSA) is 69.6 Å². The molecule has 0 spiro atoms. The number of nitrogens with zero attached hydrogens (tertiary/aromatic N) is 1. The Morgan fingerprint density at radius 1 is 1.31 bits per heavy atom. The van der Waals surface area contributed by atoms with Crippen LogP contribution < -0.4 is 5.48 Å². The third kappa shape index (κ3) is 3.59. The van der Waals surface area contributed by atoms with Crippen molar-refractivity contribution in [2.24, 2.45) is 0 Å². The summed E-state index contributed by atoms with van der Waals surface area (Å²) in [4.78, 5) is 25.8. The fourth-order valence-corrected chi connectivity index (χ4v) is 3.73. The number of hydroxylamine groups is 1. The standard InChI is InChI=1S/C19H19FN2O3S/c1-26-17(18(23)21-25)8-9-22-11-13-10-12(6-7-15(13)19(22)24)14-4-2-3-5-16(14)20/h2-7,10,17,25H,8-9,11H2,1H3,(H,21,23). The molecular weight excluding hydrogens is 355 g/mol. The summed E-state index contributed by atoms with van der Waals surface area (Å²) in [5.41, 5.74) is 4.35. The third-order valence-electron chi connectivity index (χ3n) is 4.52. The van der Waals surface area contributed by atoms with Crippen LogP contribution in [0.4, 0.5) is 4.39 Å². The van der Waals surface area contributed by atoms with Crippen LogP contribution in [-0.2, 0) is 11.3 Å². The van der Waals surface area contributed by atoms with E-state index in [0.717, 1.165) is 11.1 Å². The van der Waals surface area contributed by atoms with E-state index in [1.807, 2.05) is 6.07 Å². The molecule has 26 heavy (non-hydrogen) atoms. The maximum Gasteiger partial charge on any atom is 0.256 e. The van der Waals surface area contributed by atoms with Crippen LogP contribution in [-0.4, -0.2) is 40.0 Å². The van der Waals surface area contributed by atoms with Crippen molar-refractivity contribution in [3.63, 3.8) is 0 Å². The molecule has 5 nitrogen and oxygen atoms in total. The van der Waals surface area contributed by atoms with Gasteiger partial charge in [0.25, 0.3) is 11.8 Å². The van der Waals surface area contributed by atoms with Crippen LogP contribution in [0.2, 0.25) is 0 Å². The zero-order valence-electron chi connectivity index (χ0n) is 14.2. The second kappa shape index (κ2) is 7.88. The third-order valence-corrected chi connectivity index (χ3v) is 5.54. The molecule has 7 heteroatoms. The van der Waals surface area contributed by atoms with Gasteiger partial charge in [-0.3, -0.25) is 14.8 Å². The summed E-state index contributed by atoms with van der Waals surface area (Å²) in [6.07, 6.45) is 2.22. The summed E-state index contributed by atoms with van der Waals surface area (Å²) in [6, 6.07) is 11.9. The summed E-state index contributed by atoms with van der Waals surface area (Å²) in [7, 11) is 0. The minimum atomic E-state index is -0.469. The predicted octanol–water partition coefficient (Wildman–Crippen LogP) is 3.08. The molecule has 0 fully saturated rings. The van der Waals surface area contributed by atoms with Crippen molar-refractivity contribution >= 4 is 23.6 Å². The molecular formula is C19H19FN2O3S. The van der Waals surface area contributed by atoms with Gasteiger partial charge in [0.15, 0.2) is 0 Å². The number of hydrogen-bond donors (Lipinski definition) is 2. The molecule has 0 aromatic heterocycles. The molecule has 1 atom stereocenters. The molecule has 0 saturated heterocycles. The monoisotopic (exact) mass is 374 g/mol. The number of hydrogen-bond acceptors (Lipinski definition) is 4. The van der Waals surface area contributed by atoms with Crippen LogP contribution >= 0.6 is 11.8 Å². The Balaban J connectivity index is 1.75. The maximum absolute atomic E-state index is 14.0. The van der Waals surface area contributed by atoms with Crippen LogP contribution in [0.5, 0.6) is 0 Å². The first kappa shape index (κ1) is 18.4. The van der Waals surface area contributed by atoms with Crippen molar-refractivity contribution in [1.82, 2.24) is 10.4 Å². The van der Waals surface area contributed by atoms with E-state index in [2.05, 4.69) is 0 Å². The molecule has 2 amide bonds. The Morgan fingerprint density at radius 3 is 2.77 bits per heavy atom. The van der Waals surface area contributed by atoms with E-state index in [0.29, 0.717) is 30.6 Å². The second-order valence-corrected chi connectivity index (χ2v) is 7.11. The van der Waals surface area contributed by atoms with Gasteiger partial charge in [-0.05, 0) is 42.0 Å². The van der Waals surface area contributed by atoms with Gasteiger partial charge in [-0.15, -0.1) is 0 Å². The van der Waals surface area contributed by atoms with Crippen LogP contribution in [0.15, 0.2) is 42.5 Å². The van der Waals surface area contributed by atoms with Crippen molar-refractivity contribution in [2.45, 2.75) is 18.2 Å². The number of rotatable bonds is 6. The van der Waals surface area contributed by atoms with Gasteiger partial charge < -0.3 is 4.90 Å². The van der Waals surface area contributed by atoms with Crippen molar-refractivity contribution in [3.05, 3.63) is 59.4 Å². The summed E-state index contributed by atoms with van der Waals surface area (Å²) < 4.78 is 14.0. The average molecular weight is 374 g/mol. The number of thioether (sulfide) groups is 1. The minimum absolute atomic E-state index is 0.0932. The normalized spacial score (nSPS) is 14.3. The Bertz CT molecular complexity index is 843. The molecule has 136 valence electrons. The number of amides is 2. The van der Waals surface area contributed by atoms with Gasteiger partial charge >= 0.3 is 0 Å². The number of halogens is 1. The first-order chi connectivity index (χ1) is 12.5. The molecule has 0 aliphatic carbocycles. The maximum atomic E-state index is 14.0. The Labute approximate surface area is 155 Å². The summed E-state index contributed by atoms with van der Waals surface area (Å²) in [6.45, 7) is 0.833. The minimum Gasteiger partial charge on any atom is -0.334 e. The Kier molecular flexibility index (Phi) is 5.58. The fraction of sp³-hybridized carbons (Fsp3) is 0.263. The average Bonchev–Trinajstić information content (AvgIpc) is 2.97. The van der Waals surface area contributed by atoms with E-state index in [1.54, 1.807) is 47.0 Å². The first-order valence-electron chi connectivity index (χ1n) is 8.19. The highest BCUT2D eigenvalue weighted by atomic mass is 32.2. The molecule has 0 bridgehead atoms. The van der Waals surface area contributed by atoms with Gasteiger partial charge in [-0.2, -0.15) is 11.8 Å². The highest BCUT2D eigenvalue weighted by Crippen LogP contribution is 2.30. The molecule has 0 saturated carbocycles. The van der Waals surface area contributed by atoms with Crippen molar-refractivity contribution in [1.29, 1.82) is 0 Å². The van der Waals surface area contributed by atoms with Gasteiger partial charge in [0, 0.05) is 24.2 Å². The molecule has 1 unspecified atom stereocenters. The Morgan fingerprint density at radius 2 is 2.08 bits per heavy atom. The second-order valence-electron chi connectivity index (χ2n) is 6.07. The number of carbonyl (C=O) groups excluding carboxylic acids is 2. The smallest absolute Gasteiger partial charge is 0.256 e. The number of fused-ring (bicyclic) bond motifs is 1. The fourth-order valence-electron chi connectivity index (χ4n) is 3.13. The van der Waals surface area contributed by atoms with E-state index in [9.17, 15) is 14.0 Å². The molecule has 2 N–H and O–H groups in total. The molecule has 2 aromatic carbocycles. The lowest BCUT2D eigenvalue weighted by Crippen LogP contribution is -2.34. The summed E-state index contributed by atoms with van der Waals surface area (Å²) in [5, 5.41) is 8.33. The van der Waals surface area contributed by atoms with Gasteiger partial charge in [0.05, 0.1) is 5.25 Å². The van der Waals surface area contributed by atoms with E-state index in [4.69, 9.17) is 5.21 Å². The summed E-state index contributed by atoms with van der Waals surface area (Å²) in [5.74, 6) is -0.862. The quantitative estimate of drug-likeness (QED) is 0.602. The first-order valence-corrected chi connectivity index (χ1v) is 9.47. The molecule has 1 aliphatic heterocycles. The van der Waals surface area contributed by atoms with E-state index >= 15 is 0 Å². The van der Waals surface area contributed by atoms with Crippen molar-refractivity contribution in [2.75, 3.05) is 12.8 Å². The van der Waals surface area contributed by atoms with Crippen LogP contribution in [0, 0.1) is 5.82 Å². The number of nitrogens with one attached hydrogen (secondary N) is 1. The van der Waals surface area contributed by atoms with E-state index < -0.39 is 11.2 Å². The lowest BCUT2D eigenvalue weighted by Gasteiger charge is -2.18. The predicted molar refractivity (Wildman–Crippen MR) is 98.4 cm³/mol. The molecule has 1 aliphatic rings. The number of benzene rings is 2. The molecule has 0 radical (unpaired) electrons. The van der Waals surface area contributed by atoms with Crippen LogP contribution in [0.1, 0.15) is 22.3 Å². The van der Waals surface area contributed by atoms with Crippen molar-refractivity contribution < 1.29 is 19.2 Å². The lowest BCUT2D eigenvalue weighted by molar-refractivity contribution is -0.128. The lowest BCUT2D eigenvalue weighted by atomic mass is 10.00. The van der Waals surface area contributed by atoms with E-state index in [-0.39, 0.29) is 11.7 Å². The zero-order valence-corrected chi connectivity index (χ0v) is 15.1. The van der Waals surface area contributed by atoms with Gasteiger partial charge in [0.2, 0.25) is 0 Å². The van der Waals surface area contributed by atoms with Gasteiger partial charge in [-0.25, -0.2) is 9.87 Å². The van der Waals surface area contributed by atoms with Crippen LogP contribution in [0.3, 0.4) is 0 Å². The van der Waals surface area contributed by atoms with E-state index in [1.165, 1.54) is 17.8 Å². The highest BCUT2D eigenvalue weighted by Gasteiger charge is 2.29. The number of carbonyl (C=O) groups is 2. The highest BCUT2D eigenvalue weighted by molar-refractivity contribution is 7.99. The molecule has 3 rings (SSSR count). The van der Waals surface area contributed by atoms with Gasteiger partial charge in [0.1, 0.15) is 5.82 Å². The van der Waals surface area contributed by atoms with Crippen molar-refractivity contribution in [3.8, 4) is 11.1 Å². The molecule has 2 aromatic rings. The Hall–Kier alpha value is -2.38. The van der Waals surface area contributed by atoms with Crippen LogP contribution in [0.25, 0.3) is 11.1 Å². The summed E-state index contributed by atoms with van der Waals surface area (Å²) >= 11 is 1.32. The van der Waals surface area contributed by atoms with Gasteiger partial charge in [-0.1, -0.05) is 24.3 Å².